The first-order chi connectivity index (χ1) is 17.8. The van der Waals surface area contributed by atoms with Crippen LogP contribution in [0.4, 0.5) is 10.1 Å². The van der Waals surface area contributed by atoms with Crippen molar-refractivity contribution < 1.29 is 14.0 Å². The van der Waals surface area contributed by atoms with Gasteiger partial charge in [-0.25, -0.2) is 9.40 Å². The molecule has 2 aliphatic rings. The van der Waals surface area contributed by atoms with Crippen LogP contribution < -0.4 is 5.32 Å². The number of rotatable bonds is 5. The molecule has 6 nitrogen and oxygen atoms in total. The fraction of sp³-hybridized carbons (Fsp3) is 0.214. The van der Waals surface area contributed by atoms with Gasteiger partial charge in [0, 0.05) is 23.6 Å². The predicted octanol–water partition coefficient (Wildman–Crippen LogP) is 6.27. The number of amidine groups is 1. The van der Waals surface area contributed by atoms with Gasteiger partial charge in [0.2, 0.25) is 5.91 Å². The SMILES string of the molecule is Cc1ccc(C2=NN(C3=NC(=O)[C@H](CC(=O)Nc4ccc(F)c(C)c4)S3)[C@@H](c3ccc(Cl)cc3)C2)cc1. The molecule has 37 heavy (non-hydrogen) atoms. The molecule has 3 aromatic carbocycles. The average molecular weight is 535 g/mol. The first-order valence-electron chi connectivity index (χ1n) is 11.8. The summed E-state index contributed by atoms with van der Waals surface area (Å²) < 4.78 is 13.5. The number of carbonyl (C=O) groups excluding carboxylic acids is 2. The van der Waals surface area contributed by atoms with Crippen molar-refractivity contribution in [3.8, 4) is 0 Å². The van der Waals surface area contributed by atoms with Gasteiger partial charge in [0.1, 0.15) is 11.1 Å². The van der Waals surface area contributed by atoms with Crippen LogP contribution in [0, 0.1) is 19.7 Å². The second-order valence-electron chi connectivity index (χ2n) is 9.08. The summed E-state index contributed by atoms with van der Waals surface area (Å²) in [5.41, 5.74) is 4.97. The Labute approximate surface area is 223 Å². The van der Waals surface area contributed by atoms with Gasteiger partial charge in [0.25, 0.3) is 5.91 Å². The van der Waals surface area contributed by atoms with E-state index in [9.17, 15) is 14.0 Å². The zero-order valence-corrected chi connectivity index (χ0v) is 21.8. The Hall–Kier alpha value is -3.49. The van der Waals surface area contributed by atoms with E-state index in [4.69, 9.17) is 16.7 Å². The maximum Gasteiger partial charge on any atom is 0.262 e. The summed E-state index contributed by atoms with van der Waals surface area (Å²) in [6, 6.07) is 19.9. The van der Waals surface area contributed by atoms with E-state index in [1.165, 1.54) is 23.9 Å². The largest absolute Gasteiger partial charge is 0.326 e. The van der Waals surface area contributed by atoms with Gasteiger partial charge in [-0.3, -0.25) is 9.59 Å². The van der Waals surface area contributed by atoms with Gasteiger partial charge < -0.3 is 5.32 Å². The molecule has 0 saturated carbocycles. The summed E-state index contributed by atoms with van der Waals surface area (Å²) >= 11 is 7.35. The van der Waals surface area contributed by atoms with E-state index in [1.807, 2.05) is 55.5 Å². The molecule has 3 aromatic rings. The first kappa shape index (κ1) is 25.2. The van der Waals surface area contributed by atoms with Gasteiger partial charge in [-0.1, -0.05) is 65.3 Å². The molecular weight excluding hydrogens is 511 g/mol. The molecule has 5 rings (SSSR count). The Morgan fingerprint density at radius 2 is 1.84 bits per heavy atom. The average Bonchev–Trinajstić information content (AvgIpc) is 3.46. The number of aliphatic imine (C=N–C) groups is 1. The van der Waals surface area contributed by atoms with Crippen molar-refractivity contribution in [3.05, 3.63) is 99.8 Å². The molecule has 0 bridgehead atoms. The third kappa shape index (κ3) is 5.60. The minimum atomic E-state index is -0.666. The number of nitrogens with zero attached hydrogens (tertiary/aromatic N) is 3. The number of thioether (sulfide) groups is 1. The summed E-state index contributed by atoms with van der Waals surface area (Å²) in [5, 5.41) is 9.81. The molecule has 0 spiro atoms. The molecule has 9 heteroatoms. The van der Waals surface area contributed by atoms with Crippen molar-refractivity contribution in [2.45, 2.75) is 38.0 Å². The van der Waals surface area contributed by atoms with Gasteiger partial charge in [-0.05, 0) is 60.9 Å². The number of hydrazone groups is 1. The Morgan fingerprint density at radius 3 is 2.54 bits per heavy atom. The summed E-state index contributed by atoms with van der Waals surface area (Å²) in [6.45, 7) is 3.66. The van der Waals surface area contributed by atoms with Gasteiger partial charge in [-0.15, -0.1) is 0 Å². The zero-order valence-electron chi connectivity index (χ0n) is 20.2. The number of hydrogen-bond acceptors (Lipinski definition) is 5. The van der Waals surface area contributed by atoms with Crippen LogP contribution in [0.15, 0.2) is 76.8 Å². The van der Waals surface area contributed by atoms with Crippen LogP contribution >= 0.6 is 23.4 Å². The predicted molar refractivity (Wildman–Crippen MR) is 147 cm³/mol. The first-order valence-corrected chi connectivity index (χ1v) is 13.1. The van der Waals surface area contributed by atoms with Crippen molar-refractivity contribution in [2.75, 3.05) is 5.32 Å². The number of benzene rings is 3. The topological polar surface area (TPSA) is 74.1 Å². The van der Waals surface area contributed by atoms with Crippen LogP contribution in [0.2, 0.25) is 5.02 Å². The van der Waals surface area contributed by atoms with E-state index in [0.717, 1.165) is 22.4 Å². The van der Waals surface area contributed by atoms with Crippen LogP contribution in [0.3, 0.4) is 0 Å². The molecule has 0 fully saturated rings. The minimum absolute atomic E-state index is 0.0547. The number of aryl methyl sites for hydroxylation is 2. The maximum absolute atomic E-state index is 13.5. The molecule has 0 aliphatic carbocycles. The lowest BCUT2D eigenvalue weighted by atomic mass is 9.98. The van der Waals surface area contributed by atoms with Crippen molar-refractivity contribution in [1.29, 1.82) is 0 Å². The highest BCUT2D eigenvalue weighted by Gasteiger charge is 2.39. The molecule has 2 amide bonds. The number of hydrogen-bond donors (Lipinski definition) is 1. The third-order valence-corrected chi connectivity index (χ3v) is 7.68. The molecule has 2 heterocycles. The van der Waals surface area contributed by atoms with E-state index >= 15 is 0 Å². The Balaban J connectivity index is 1.34. The Bertz CT molecular complexity index is 1420. The maximum atomic E-state index is 13.5. The highest BCUT2D eigenvalue weighted by Crippen LogP contribution is 2.39. The second kappa shape index (κ2) is 10.5. The molecule has 0 radical (unpaired) electrons. The highest BCUT2D eigenvalue weighted by atomic mass is 35.5. The second-order valence-corrected chi connectivity index (χ2v) is 10.7. The summed E-state index contributed by atoms with van der Waals surface area (Å²) in [4.78, 5) is 29.7. The van der Waals surface area contributed by atoms with E-state index in [2.05, 4.69) is 10.3 Å². The van der Waals surface area contributed by atoms with Gasteiger partial charge in [-0.2, -0.15) is 10.1 Å². The fourth-order valence-electron chi connectivity index (χ4n) is 4.26. The number of carbonyl (C=O) groups is 2. The van der Waals surface area contributed by atoms with Gasteiger partial charge in [0.15, 0.2) is 5.17 Å². The summed E-state index contributed by atoms with van der Waals surface area (Å²) in [7, 11) is 0. The lowest BCUT2D eigenvalue weighted by Crippen LogP contribution is -2.25. The van der Waals surface area contributed by atoms with Crippen LogP contribution in [-0.2, 0) is 9.59 Å². The highest BCUT2D eigenvalue weighted by molar-refractivity contribution is 8.15. The standard InChI is InChI=1S/C28H24ClFN4O2S/c1-16-3-5-18(6-4-16)23-14-24(19-7-9-20(29)10-8-19)34(33-23)28-32-27(36)25(37-28)15-26(35)31-21-11-12-22(30)17(2)13-21/h3-13,24-25H,14-15H2,1-2H3,(H,31,35)/t24-,25+/m1/s1. The Morgan fingerprint density at radius 1 is 1.11 bits per heavy atom. The van der Waals surface area contributed by atoms with Crippen LogP contribution in [0.5, 0.6) is 0 Å². The molecule has 0 saturated heterocycles. The fourth-order valence-corrected chi connectivity index (χ4v) is 5.45. The number of anilines is 1. The number of halogens is 2. The van der Waals surface area contributed by atoms with Crippen molar-refractivity contribution in [2.24, 2.45) is 10.1 Å². The number of nitrogens with one attached hydrogen (secondary N) is 1. The normalized spacial score (nSPS) is 19.1. The van der Waals surface area contributed by atoms with Crippen LogP contribution in [0.25, 0.3) is 0 Å². The monoisotopic (exact) mass is 534 g/mol. The molecular formula is C28H24ClFN4O2S. The van der Waals surface area contributed by atoms with Crippen LogP contribution in [0.1, 0.15) is 41.1 Å². The molecule has 1 N–H and O–H groups in total. The van der Waals surface area contributed by atoms with Crippen molar-refractivity contribution in [1.82, 2.24) is 5.01 Å². The van der Waals surface area contributed by atoms with Crippen molar-refractivity contribution in [3.63, 3.8) is 0 Å². The molecule has 2 atom stereocenters. The van der Waals surface area contributed by atoms with E-state index in [1.54, 1.807) is 18.0 Å². The van der Waals surface area contributed by atoms with E-state index in [0.29, 0.717) is 27.9 Å². The van der Waals surface area contributed by atoms with Gasteiger partial charge in [0.05, 0.1) is 11.8 Å². The molecule has 188 valence electrons. The molecule has 0 aromatic heterocycles. The Kier molecular flexibility index (Phi) is 7.13. The quantitative estimate of drug-likeness (QED) is 0.418. The molecule has 2 aliphatic heterocycles. The van der Waals surface area contributed by atoms with Gasteiger partial charge >= 0.3 is 0 Å². The van der Waals surface area contributed by atoms with E-state index in [-0.39, 0.29) is 30.1 Å². The van der Waals surface area contributed by atoms with Crippen molar-refractivity contribution >= 4 is 51.7 Å². The van der Waals surface area contributed by atoms with Crippen LogP contribution in [-0.4, -0.2) is 33.0 Å². The van der Waals surface area contributed by atoms with E-state index < -0.39 is 5.25 Å². The smallest absolute Gasteiger partial charge is 0.262 e. The summed E-state index contributed by atoms with van der Waals surface area (Å²) in [5.74, 6) is -1.06. The summed E-state index contributed by atoms with van der Waals surface area (Å²) in [6.07, 6.45) is 0.578. The minimum Gasteiger partial charge on any atom is -0.326 e. The lowest BCUT2D eigenvalue weighted by molar-refractivity contribution is -0.121. The lowest BCUT2D eigenvalue weighted by Gasteiger charge is -2.23. The zero-order chi connectivity index (χ0) is 26.1. The molecule has 0 unspecified atom stereocenters. The number of amides is 2. The third-order valence-electron chi connectivity index (χ3n) is 6.29.